The van der Waals surface area contributed by atoms with E-state index in [0.717, 1.165) is 45.3 Å². The van der Waals surface area contributed by atoms with E-state index in [1.807, 2.05) is 6.07 Å². The maximum Gasteiger partial charge on any atom is 0.222 e. The summed E-state index contributed by atoms with van der Waals surface area (Å²) >= 11 is 0. The fourth-order valence-electron chi connectivity index (χ4n) is 3.66. The Balaban J connectivity index is 1.30. The van der Waals surface area contributed by atoms with E-state index in [1.54, 1.807) is 12.1 Å². The highest BCUT2D eigenvalue weighted by Gasteiger charge is 2.29. The zero-order valence-corrected chi connectivity index (χ0v) is 16.3. The molecular formula is C23H29FN2O2. The number of carbonyl (C=O) groups is 1. The summed E-state index contributed by atoms with van der Waals surface area (Å²) in [5, 5.41) is 3.37. The number of likely N-dealkylation sites (tertiary alicyclic amines) is 1. The van der Waals surface area contributed by atoms with E-state index in [1.165, 1.54) is 17.7 Å². The average Bonchev–Trinajstić information content (AvgIpc) is 3.06. The van der Waals surface area contributed by atoms with Crippen LogP contribution in [0.2, 0.25) is 0 Å². The lowest BCUT2D eigenvalue weighted by Gasteiger charge is -2.25. The van der Waals surface area contributed by atoms with Gasteiger partial charge in [-0.05, 0) is 62.1 Å². The van der Waals surface area contributed by atoms with Gasteiger partial charge in [-0.3, -0.25) is 4.79 Å². The SMILES string of the molecule is O=C1CC[C@@H](CCNCCOc2ccc(F)cc2)N1CCCc1ccccc1. The van der Waals surface area contributed by atoms with Crippen molar-refractivity contribution in [3.63, 3.8) is 0 Å². The first-order valence-corrected chi connectivity index (χ1v) is 10.1. The summed E-state index contributed by atoms with van der Waals surface area (Å²) in [5.41, 5.74) is 1.33. The first-order chi connectivity index (χ1) is 13.7. The first kappa shape index (κ1) is 20.3. The number of nitrogens with zero attached hydrogens (tertiary/aromatic N) is 1. The van der Waals surface area contributed by atoms with Crippen molar-refractivity contribution in [2.75, 3.05) is 26.2 Å². The Morgan fingerprint density at radius 1 is 1.07 bits per heavy atom. The summed E-state index contributed by atoms with van der Waals surface area (Å²) in [6.07, 6.45) is 4.61. The molecular weight excluding hydrogens is 355 g/mol. The molecule has 0 bridgehead atoms. The Labute approximate surface area is 166 Å². The lowest BCUT2D eigenvalue weighted by atomic mass is 10.1. The number of rotatable bonds is 11. The van der Waals surface area contributed by atoms with Crippen molar-refractivity contribution in [1.29, 1.82) is 0 Å². The third kappa shape index (κ3) is 6.34. The fourth-order valence-corrected chi connectivity index (χ4v) is 3.66. The van der Waals surface area contributed by atoms with Gasteiger partial charge in [0.15, 0.2) is 0 Å². The molecule has 1 saturated heterocycles. The van der Waals surface area contributed by atoms with Gasteiger partial charge in [0, 0.05) is 25.6 Å². The van der Waals surface area contributed by atoms with E-state index in [9.17, 15) is 9.18 Å². The van der Waals surface area contributed by atoms with Crippen LogP contribution >= 0.6 is 0 Å². The van der Waals surface area contributed by atoms with Crippen LogP contribution in [-0.2, 0) is 11.2 Å². The minimum absolute atomic E-state index is 0.259. The van der Waals surface area contributed by atoms with E-state index >= 15 is 0 Å². The monoisotopic (exact) mass is 384 g/mol. The largest absolute Gasteiger partial charge is 0.492 e. The first-order valence-electron chi connectivity index (χ1n) is 10.1. The molecule has 1 heterocycles. The normalized spacial score (nSPS) is 16.5. The summed E-state index contributed by atoms with van der Waals surface area (Å²) in [6.45, 7) is 2.97. The third-order valence-electron chi connectivity index (χ3n) is 5.18. The van der Waals surface area contributed by atoms with E-state index in [4.69, 9.17) is 4.74 Å². The van der Waals surface area contributed by atoms with E-state index in [-0.39, 0.29) is 11.7 Å². The van der Waals surface area contributed by atoms with E-state index < -0.39 is 0 Å². The van der Waals surface area contributed by atoms with Crippen LogP contribution in [0.3, 0.4) is 0 Å². The number of halogens is 1. The Morgan fingerprint density at radius 2 is 1.86 bits per heavy atom. The van der Waals surface area contributed by atoms with Crippen molar-refractivity contribution in [1.82, 2.24) is 10.2 Å². The number of ether oxygens (including phenoxy) is 1. The molecule has 0 saturated carbocycles. The van der Waals surface area contributed by atoms with Crippen molar-refractivity contribution in [3.05, 3.63) is 66.0 Å². The molecule has 0 spiro atoms. The number of nitrogens with one attached hydrogen (secondary N) is 1. The summed E-state index contributed by atoms with van der Waals surface area (Å²) in [7, 11) is 0. The molecule has 0 aliphatic carbocycles. The van der Waals surface area contributed by atoms with Crippen molar-refractivity contribution >= 4 is 5.91 Å². The molecule has 1 N–H and O–H groups in total. The third-order valence-corrected chi connectivity index (χ3v) is 5.18. The Bertz CT molecular complexity index is 721. The zero-order valence-electron chi connectivity index (χ0n) is 16.3. The molecule has 28 heavy (non-hydrogen) atoms. The lowest BCUT2D eigenvalue weighted by molar-refractivity contribution is -0.129. The minimum atomic E-state index is -0.259. The number of aryl methyl sites for hydroxylation is 1. The Hall–Kier alpha value is -2.40. The molecule has 5 heteroatoms. The quantitative estimate of drug-likeness (QED) is 0.599. The van der Waals surface area contributed by atoms with Crippen LogP contribution in [0.25, 0.3) is 0 Å². The van der Waals surface area contributed by atoms with Gasteiger partial charge in [-0.15, -0.1) is 0 Å². The number of benzene rings is 2. The average molecular weight is 384 g/mol. The van der Waals surface area contributed by atoms with Crippen LogP contribution in [-0.4, -0.2) is 43.1 Å². The molecule has 2 aromatic carbocycles. The molecule has 0 unspecified atom stereocenters. The summed E-state index contributed by atoms with van der Waals surface area (Å²) in [6, 6.07) is 16.8. The topological polar surface area (TPSA) is 41.6 Å². The minimum Gasteiger partial charge on any atom is -0.492 e. The molecule has 1 aliphatic rings. The maximum absolute atomic E-state index is 12.9. The molecule has 1 fully saturated rings. The van der Waals surface area contributed by atoms with Gasteiger partial charge < -0.3 is 15.0 Å². The molecule has 150 valence electrons. The van der Waals surface area contributed by atoms with Crippen molar-refractivity contribution < 1.29 is 13.9 Å². The van der Waals surface area contributed by atoms with Crippen LogP contribution in [0.1, 0.15) is 31.2 Å². The summed E-state index contributed by atoms with van der Waals surface area (Å²) < 4.78 is 18.4. The second-order valence-corrected chi connectivity index (χ2v) is 7.21. The van der Waals surface area contributed by atoms with Gasteiger partial charge in [0.2, 0.25) is 5.91 Å². The van der Waals surface area contributed by atoms with Gasteiger partial charge in [-0.25, -0.2) is 4.39 Å². The standard InChI is InChI=1S/C23H29FN2O2/c24-20-8-11-22(12-9-20)28-18-16-25-15-14-21-10-13-23(27)26(21)17-4-7-19-5-2-1-3-6-19/h1-3,5-6,8-9,11-12,21,25H,4,7,10,13-18H2/t21-/m0/s1. The fraction of sp³-hybridized carbons (Fsp3) is 0.435. The predicted octanol–water partition coefficient (Wildman–Crippen LogP) is 3.81. The van der Waals surface area contributed by atoms with Gasteiger partial charge in [-0.1, -0.05) is 30.3 Å². The highest BCUT2D eigenvalue weighted by molar-refractivity contribution is 5.78. The molecule has 2 aromatic rings. The number of hydrogen-bond donors (Lipinski definition) is 1. The molecule has 1 aliphatic heterocycles. The van der Waals surface area contributed by atoms with Gasteiger partial charge in [0.05, 0.1) is 0 Å². The van der Waals surface area contributed by atoms with Crippen molar-refractivity contribution in [2.24, 2.45) is 0 Å². The molecule has 1 atom stereocenters. The highest BCUT2D eigenvalue weighted by atomic mass is 19.1. The molecule has 4 nitrogen and oxygen atoms in total. The number of amides is 1. The molecule has 0 aromatic heterocycles. The highest BCUT2D eigenvalue weighted by Crippen LogP contribution is 2.21. The van der Waals surface area contributed by atoms with Gasteiger partial charge in [0.25, 0.3) is 0 Å². The van der Waals surface area contributed by atoms with Crippen LogP contribution in [0, 0.1) is 5.82 Å². The van der Waals surface area contributed by atoms with Crippen LogP contribution < -0.4 is 10.1 Å². The van der Waals surface area contributed by atoms with Gasteiger partial charge in [0.1, 0.15) is 18.2 Å². The van der Waals surface area contributed by atoms with Crippen molar-refractivity contribution in [3.8, 4) is 5.75 Å². The predicted molar refractivity (Wildman–Crippen MR) is 109 cm³/mol. The Morgan fingerprint density at radius 3 is 2.64 bits per heavy atom. The lowest BCUT2D eigenvalue weighted by Crippen LogP contribution is -2.36. The Kier molecular flexibility index (Phi) is 7.85. The molecule has 0 radical (unpaired) electrons. The molecule has 1 amide bonds. The number of carbonyl (C=O) groups excluding carboxylic acids is 1. The summed E-state index contributed by atoms with van der Waals surface area (Å²) in [5.74, 6) is 0.705. The van der Waals surface area contributed by atoms with Gasteiger partial charge in [-0.2, -0.15) is 0 Å². The van der Waals surface area contributed by atoms with Crippen LogP contribution in [0.15, 0.2) is 54.6 Å². The van der Waals surface area contributed by atoms with E-state index in [2.05, 4.69) is 34.5 Å². The summed E-state index contributed by atoms with van der Waals surface area (Å²) in [4.78, 5) is 14.3. The number of hydrogen-bond acceptors (Lipinski definition) is 3. The van der Waals surface area contributed by atoms with Crippen LogP contribution in [0.4, 0.5) is 4.39 Å². The zero-order chi connectivity index (χ0) is 19.6. The maximum atomic E-state index is 12.9. The van der Waals surface area contributed by atoms with Gasteiger partial charge >= 0.3 is 0 Å². The smallest absolute Gasteiger partial charge is 0.222 e. The molecule has 3 rings (SSSR count). The van der Waals surface area contributed by atoms with Crippen LogP contribution in [0.5, 0.6) is 5.75 Å². The second kappa shape index (κ2) is 10.8. The second-order valence-electron chi connectivity index (χ2n) is 7.21. The van der Waals surface area contributed by atoms with E-state index in [0.29, 0.717) is 24.8 Å². The van der Waals surface area contributed by atoms with Crippen molar-refractivity contribution in [2.45, 2.75) is 38.1 Å².